The zero-order chi connectivity index (χ0) is 4.43. The Balaban J connectivity index is 2.14. The first-order valence-corrected chi connectivity index (χ1v) is 3.01. The van der Waals surface area contributed by atoms with Crippen LogP contribution in [0.1, 0.15) is 19.3 Å². The number of fused-ring (bicyclic) bond motifs is 2. The van der Waals surface area contributed by atoms with Gasteiger partial charge in [-0.15, -0.1) is 0 Å². The molecule has 0 N–H and O–H groups in total. The maximum Gasteiger partial charge on any atom is 0.0756 e. The summed E-state index contributed by atoms with van der Waals surface area (Å²) in [6, 6.07) is 0.976. The second-order valence-corrected chi connectivity index (χ2v) is 2.61. The molecule has 1 nitrogen and oxygen atoms in total. The van der Waals surface area contributed by atoms with E-state index in [1.165, 1.54) is 19.3 Å². The number of nitrogens with zero attached hydrogens (tertiary/aromatic N) is 1. The molecule has 3 heterocycles. The van der Waals surface area contributed by atoms with Crippen LogP contribution in [-0.4, -0.2) is 10.9 Å². The van der Waals surface area contributed by atoms with Gasteiger partial charge < -0.3 is 4.90 Å². The van der Waals surface area contributed by atoms with Crippen molar-refractivity contribution in [2.75, 3.05) is 0 Å². The lowest BCUT2D eigenvalue weighted by molar-refractivity contribution is 0.514. The van der Waals surface area contributed by atoms with Crippen LogP contribution >= 0.6 is 0 Å². The number of hydrogen-bond acceptors (Lipinski definition) is 1. The first-order chi connectivity index (χ1) is 3.48. The van der Waals surface area contributed by atoms with Gasteiger partial charge in [-0.2, -0.15) is 0 Å². The molecule has 36 valence electrons. The Hall–Kier alpha value is -0.460. The van der Waals surface area contributed by atoms with E-state index < -0.39 is 0 Å². The molecule has 0 spiro atoms. The van der Waals surface area contributed by atoms with Crippen molar-refractivity contribution in [3.63, 3.8) is 0 Å². The lowest BCUT2D eigenvalue weighted by Crippen LogP contribution is -2.06. The summed E-state index contributed by atoms with van der Waals surface area (Å²) in [5, 5.41) is 0. The molecule has 1 unspecified atom stereocenters. The number of hydrogen-bond donors (Lipinski definition) is 0. The van der Waals surface area contributed by atoms with Crippen LogP contribution in [0.25, 0.3) is 0 Å². The van der Waals surface area contributed by atoms with Crippen molar-refractivity contribution >= 4 is 0 Å². The summed E-state index contributed by atoms with van der Waals surface area (Å²) in [6.07, 6.45) is 4.31. The van der Waals surface area contributed by atoms with Crippen LogP contribution < -0.4 is 0 Å². The standard InChI is InChI=1S/C6H7N/c1-2-4-6-5(3-1)7(4)6/h4H,1-3H2. The van der Waals surface area contributed by atoms with Crippen molar-refractivity contribution in [3.05, 3.63) is 11.4 Å². The molecule has 2 bridgehead atoms. The van der Waals surface area contributed by atoms with Gasteiger partial charge in [0.2, 0.25) is 0 Å². The number of piperidine rings is 1. The highest BCUT2D eigenvalue weighted by Gasteiger charge is 2.60. The predicted octanol–water partition coefficient (Wildman–Crippen LogP) is 1.08. The molecule has 1 atom stereocenters. The van der Waals surface area contributed by atoms with E-state index in [1.807, 2.05) is 0 Å². The highest BCUT2D eigenvalue weighted by molar-refractivity contribution is 5.54. The zero-order valence-corrected chi connectivity index (χ0v) is 4.15. The van der Waals surface area contributed by atoms with E-state index in [2.05, 4.69) is 4.90 Å². The molecule has 0 amide bonds. The summed E-state index contributed by atoms with van der Waals surface area (Å²) >= 11 is 0. The average Bonchev–Trinajstić information content (AvgIpc) is 2.53. The Labute approximate surface area is 42.6 Å². The summed E-state index contributed by atoms with van der Waals surface area (Å²) in [4.78, 5) is 2.48. The van der Waals surface area contributed by atoms with Crippen molar-refractivity contribution in [1.82, 2.24) is 4.90 Å². The largest absolute Gasteiger partial charge is 0.334 e. The van der Waals surface area contributed by atoms with Gasteiger partial charge in [-0.05, 0) is 19.3 Å². The molecule has 4 rings (SSSR count). The van der Waals surface area contributed by atoms with E-state index >= 15 is 0 Å². The molecule has 2 saturated heterocycles. The van der Waals surface area contributed by atoms with Gasteiger partial charge in [0.1, 0.15) is 0 Å². The van der Waals surface area contributed by atoms with Crippen LogP contribution in [0.2, 0.25) is 0 Å². The van der Waals surface area contributed by atoms with Gasteiger partial charge in [0.05, 0.1) is 11.7 Å². The predicted molar refractivity (Wildman–Crippen MR) is 26.5 cm³/mol. The Morgan fingerprint density at radius 1 is 1.57 bits per heavy atom. The molecule has 3 aliphatic heterocycles. The topological polar surface area (TPSA) is 3.01 Å². The molecule has 2 fully saturated rings. The lowest BCUT2D eigenvalue weighted by Gasteiger charge is -2.09. The molecule has 7 heavy (non-hydrogen) atoms. The minimum absolute atomic E-state index is 0.976. The Kier molecular flexibility index (Phi) is 0.212. The minimum Gasteiger partial charge on any atom is -0.334 e. The van der Waals surface area contributed by atoms with Gasteiger partial charge in [-0.25, -0.2) is 0 Å². The minimum atomic E-state index is 0.976. The monoisotopic (exact) mass is 93.1 g/mol. The Morgan fingerprint density at radius 3 is 2.71 bits per heavy atom. The van der Waals surface area contributed by atoms with Crippen molar-refractivity contribution in [2.24, 2.45) is 0 Å². The zero-order valence-electron chi connectivity index (χ0n) is 4.15. The van der Waals surface area contributed by atoms with E-state index in [9.17, 15) is 0 Å². The summed E-state index contributed by atoms with van der Waals surface area (Å²) < 4.78 is 0. The highest BCUT2D eigenvalue weighted by atomic mass is 15.5. The van der Waals surface area contributed by atoms with Gasteiger partial charge in [0, 0.05) is 5.70 Å². The van der Waals surface area contributed by atoms with Crippen molar-refractivity contribution < 1.29 is 0 Å². The summed E-state index contributed by atoms with van der Waals surface area (Å²) in [6.45, 7) is 0. The fourth-order valence-electron chi connectivity index (χ4n) is 1.76. The van der Waals surface area contributed by atoms with E-state index in [1.54, 1.807) is 11.4 Å². The van der Waals surface area contributed by atoms with Crippen molar-refractivity contribution in [3.8, 4) is 0 Å². The molecule has 1 aliphatic carbocycles. The fraction of sp³-hybridized carbons (Fsp3) is 0.667. The van der Waals surface area contributed by atoms with Crippen LogP contribution in [-0.2, 0) is 0 Å². The van der Waals surface area contributed by atoms with E-state index in [0.717, 1.165) is 6.04 Å². The number of rotatable bonds is 0. The van der Waals surface area contributed by atoms with E-state index in [0.29, 0.717) is 0 Å². The Morgan fingerprint density at radius 2 is 2.43 bits per heavy atom. The first kappa shape index (κ1) is 2.75. The molecule has 0 radical (unpaired) electrons. The first-order valence-electron chi connectivity index (χ1n) is 3.01. The summed E-state index contributed by atoms with van der Waals surface area (Å²) in [5.41, 5.74) is 3.41. The summed E-state index contributed by atoms with van der Waals surface area (Å²) in [5.74, 6) is 0. The number of allylic oxidation sites excluding steroid dienone is 1. The van der Waals surface area contributed by atoms with Crippen LogP contribution in [0.4, 0.5) is 0 Å². The molecule has 4 aliphatic rings. The van der Waals surface area contributed by atoms with Crippen LogP contribution in [0, 0.1) is 0 Å². The maximum absolute atomic E-state index is 2.48. The third-order valence-corrected chi connectivity index (χ3v) is 2.25. The van der Waals surface area contributed by atoms with Crippen molar-refractivity contribution in [2.45, 2.75) is 25.3 Å². The molecular formula is C6H7N. The molecule has 1 heteroatoms. The Bertz CT molecular complexity index is 163. The SMILES string of the molecule is C1CC2=C3C(C1)N23. The van der Waals surface area contributed by atoms with Gasteiger partial charge in [0.25, 0.3) is 0 Å². The normalized spacial score (nSPS) is 41.1. The van der Waals surface area contributed by atoms with Gasteiger partial charge in [-0.3, -0.25) is 0 Å². The average molecular weight is 93.1 g/mol. The molecular weight excluding hydrogens is 86.1 g/mol. The molecule has 0 aromatic rings. The van der Waals surface area contributed by atoms with Gasteiger partial charge >= 0.3 is 0 Å². The van der Waals surface area contributed by atoms with Gasteiger partial charge in [-0.1, -0.05) is 0 Å². The highest BCUT2D eigenvalue weighted by Crippen LogP contribution is 2.61. The van der Waals surface area contributed by atoms with Crippen LogP contribution in [0.3, 0.4) is 0 Å². The summed E-state index contributed by atoms with van der Waals surface area (Å²) in [7, 11) is 0. The fourth-order valence-corrected chi connectivity index (χ4v) is 1.76. The van der Waals surface area contributed by atoms with Crippen LogP contribution in [0.5, 0.6) is 0 Å². The second kappa shape index (κ2) is 0.540. The maximum atomic E-state index is 2.48. The van der Waals surface area contributed by atoms with Crippen LogP contribution in [0.15, 0.2) is 11.4 Å². The quantitative estimate of drug-likeness (QED) is 0.405. The van der Waals surface area contributed by atoms with E-state index in [-0.39, 0.29) is 0 Å². The molecule has 0 saturated carbocycles. The van der Waals surface area contributed by atoms with Gasteiger partial charge in [0.15, 0.2) is 0 Å². The van der Waals surface area contributed by atoms with E-state index in [4.69, 9.17) is 0 Å². The molecule has 0 aromatic heterocycles. The molecule has 0 aromatic carbocycles. The second-order valence-electron chi connectivity index (χ2n) is 2.61. The smallest absolute Gasteiger partial charge is 0.0756 e. The van der Waals surface area contributed by atoms with Crippen molar-refractivity contribution in [1.29, 1.82) is 0 Å². The third-order valence-electron chi connectivity index (χ3n) is 2.25. The third kappa shape index (κ3) is 0.150. The lowest BCUT2D eigenvalue weighted by atomic mass is 10.0.